The Hall–Kier alpha value is -1.79. The van der Waals surface area contributed by atoms with Gasteiger partial charge >= 0.3 is 0 Å². The van der Waals surface area contributed by atoms with Crippen LogP contribution in [0.1, 0.15) is 15.9 Å². The van der Waals surface area contributed by atoms with Crippen LogP contribution in [-0.2, 0) is 6.54 Å². The molecule has 0 saturated carbocycles. The molecule has 1 saturated heterocycles. The van der Waals surface area contributed by atoms with Gasteiger partial charge in [-0.3, -0.25) is 14.7 Å². The maximum Gasteiger partial charge on any atom is 0.255 e. The van der Waals surface area contributed by atoms with E-state index in [0.29, 0.717) is 25.2 Å². The Morgan fingerprint density at radius 2 is 1.96 bits per heavy atom. The molecule has 0 aliphatic carbocycles. The summed E-state index contributed by atoms with van der Waals surface area (Å²) in [4.78, 5) is 20.6. The van der Waals surface area contributed by atoms with Crippen molar-refractivity contribution in [3.8, 4) is 0 Å². The number of aromatic nitrogens is 1. The van der Waals surface area contributed by atoms with Gasteiger partial charge in [-0.2, -0.15) is 0 Å². The number of rotatable bonds is 3. The van der Waals surface area contributed by atoms with E-state index in [1.807, 2.05) is 11.0 Å². The van der Waals surface area contributed by atoms with Gasteiger partial charge in [0.25, 0.3) is 5.91 Å². The molecule has 0 atom stereocenters. The molecule has 0 bridgehead atoms. The van der Waals surface area contributed by atoms with Crippen LogP contribution in [0.5, 0.6) is 0 Å². The molecule has 0 N–H and O–H groups in total. The predicted molar refractivity (Wildman–Crippen MR) is 89.5 cm³/mol. The van der Waals surface area contributed by atoms with Crippen LogP contribution in [-0.4, -0.2) is 46.9 Å². The topological polar surface area (TPSA) is 36.4 Å². The monoisotopic (exact) mass is 377 g/mol. The average molecular weight is 378 g/mol. The highest BCUT2D eigenvalue weighted by Gasteiger charge is 2.22. The number of benzene rings is 1. The fourth-order valence-electron chi connectivity index (χ4n) is 2.71. The van der Waals surface area contributed by atoms with Gasteiger partial charge in [0.2, 0.25) is 0 Å². The zero-order valence-electron chi connectivity index (χ0n) is 12.6. The Morgan fingerprint density at radius 3 is 2.65 bits per heavy atom. The summed E-state index contributed by atoms with van der Waals surface area (Å²) in [6.07, 6.45) is 3.25. The molecule has 1 aromatic heterocycles. The number of hydrogen-bond donors (Lipinski definition) is 0. The molecule has 1 amide bonds. The summed E-state index contributed by atoms with van der Waals surface area (Å²) >= 11 is 3.33. The Balaban J connectivity index is 1.57. The van der Waals surface area contributed by atoms with Crippen molar-refractivity contribution in [3.63, 3.8) is 0 Å². The molecule has 3 rings (SSSR count). The van der Waals surface area contributed by atoms with Crippen molar-refractivity contribution in [1.82, 2.24) is 14.8 Å². The lowest BCUT2D eigenvalue weighted by Crippen LogP contribution is -2.48. The molecule has 1 aliphatic heterocycles. The number of amides is 1. The Morgan fingerprint density at radius 1 is 1.17 bits per heavy atom. The van der Waals surface area contributed by atoms with Crippen molar-refractivity contribution in [2.45, 2.75) is 6.54 Å². The van der Waals surface area contributed by atoms with Gasteiger partial charge in [-0.05, 0) is 39.7 Å². The number of carbonyl (C=O) groups excluding carboxylic acids is 1. The van der Waals surface area contributed by atoms with Crippen LogP contribution < -0.4 is 0 Å². The summed E-state index contributed by atoms with van der Waals surface area (Å²) in [5.74, 6) is -0.206. The lowest BCUT2D eigenvalue weighted by atomic mass is 10.2. The normalized spacial score (nSPS) is 15.7. The lowest BCUT2D eigenvalue weighted by Gasteiger charge is -2.34. The van der Waals surface area contributed by atoms with Crippen LogP contribution in [0.4, 0.5) is 4.39 Å². The summed E-state index contributed by atoms with van der Waals surface area (Å²) in [6.45, 7) is 3.60. The summed E-state index contributed by atoms with van der Waals surface area (Å²) in [5.41, 5.74) is 1.55. The standard InChI is InChI=1S/C17H17BrFN3O/c18-15-9-14(10-20-11-15)17(23)22-6-4-21(5-7-22)12-13-2-1-3-16(19)8-13/h1-3,8-11H,4-7,12H2. The first-order chi connectivity index (χ1) is 11.1. The van der Waals surface area contributed by atoms with Gasteiger partial charge in [0, 0.05) is 49.6 Å². The first-order valence-corrected chi connectivity index (χ1v) is 8.28. The summed E-state index contributed by atoms with van der Waals surface area (Å²) in [7, 11) is 0. The number of carbonyl (C=O) groups is 1. The Kier molecular flexibility index (Phi) is 5.03. The lowest BCUT2D eigenvalue weighted by molar-refractivity contribution is 0.0628. The van der Waals surface area contributed by atoms with E-state index in [1.165, 1.54) is 6.07 Å². The molecule has 120 valence electrons. The van der Waals surface area contributed by atoms with Crippen molar-refractivity contribution in [2.24, 2.45) is 0 Å². The van der Waals surface area contributed by atoms with E-state index < -0.39 is 0 Å². The minimum Gasteiger partial charge on any atom is -0.336 e. The smallest absolute Gasteiger partial charge is 0.255 e. The summed E-state index contributed by atoms with van der Waals surface area (Å²) < 4.78 is 14.0. The molecule has 2 heterocycles. The molecule has 0 radical (unpaired) electrons. The van der Waals surface area contributed by atoms with Gasteiger partial charge in [-0.15, -0.1) is 0 Å². The molecule has 0 unspecified atom stereocenters. The minimum atomic E-state index is -0.210. The first-order valence-electron chi connectivity index (χ1n) is 7.48. The van der Waals surface area contributed by atoms with Crippen LogP contribution in [0.2, 0.25) is 0 Å². The van der Waals surface area contributed by atoms with Gasteiger partial charge in [-0.25, -0.2) is 4.39 Å². The van der Waals surface area contributed by atoms with E-state index in [-0.39, 0.29) is 11.7 Å². The number of pyridine rings is 1. The largest absolute Gasteiger partial charge is 0.336 e. The number of halogens is 2. The van der Waals surface area contributed by atoms with E-state index in [2.05, 4.69) is 25.8 Å². The zero-order chi connectivity index (χ0) is 16.2. The molecule has 2 aromatic rings. The average Bonchev–Trinajstić information content (AvgIpc) is 2.55. The second-order valence-electron chi connectivity index (χ2n) is 5.59. The van der Waals surface area contributed by atoms with Crippen molar-refractivity contribution < 1.29 is 9.18 Å². The molecule has 1 fully saturated rings. The molecular weight excluding hydrogens is 361 g/mol. The fourth-order valence-corrected chi connectivity index (χ4v) is 3.08. The van der Waals surface area contributed by atoms with E-state index in [4.69, 9.17) is 0 Å². The predicted octanol–water partition coefficient (Wildman–Crippen LogP) is 2.94. The van der Waals surface area contributed by atoms with E-state index in [9.17, 15) is 9.18 Å². The maximum absolute atomic E-state index is 13.2. The van der Waals surface area contributed by atoms with Gasteiger partial charge < -0.3 is 4.90 Å². The molecule has 6 heteroatoms. The van der Waals surface area contributed by atoms with Crippen LogP contribution >= 0.6 is 15.9 Å². The van der Waals surface area contributed by atoms with Crippen molar-refractivity contribution in [3.05, 3.63) is 64.1 Å². The maximum atomic E-state index is 13.2. The number of nitrogens with zero attached hydrogens (tertiary/aromatic N) is 3. The molecule has 1 aliphatic rings. The highest BCUT2D eigenvalue weighted by Crippen LogP contribution is 2.14. The van der Waals surface area contributed by atoms with Gasteiger partial charge in [0.1, 0.15) is 5.82 Å². The van der Waals surface area contributed by atoms with E-state index in [0.717, 1.165) is 23.1 Å². The van der Waals surface area contributed by atoms with Gasteiger partial charge in [0.05, 0.1) is 5.56 Å². The Bertz CT molecular complexity index is 702. The fraction of sp³-hybridized carbons (Fsp3) is 0.294. The third-order valence-electron chi connectivity index (χ3n) is 3.91. The molecular formula is C17H17BrFN3O. The van der Waals surface area contributed by atoms with Crippen molar-refractivity contribution >= 4 is 21.8 Å². The van der Waals surface area contributed by atoms with Crippen molar-refractivity contribution in [1.29, 1.82) is 0 Å². The molecule has 23 heavy (non-hydrogen) atoms. The van der Waals surface area contributed by atoms with Gasteiger partial charge in [0.15, 0.2) is 0 Å². The second-order valence-corrected chi connectivity index (χ2v) is 6.51. The second kappa shape index (κ2) is 7.19. The third-order valence-corrected chi connectivity index (χ3v) is 4.34. The van der Waals surface area contributed by atoms with Crippen LogP contribution in [0.15, 0.2) is 47.2 Å². The summed E-state index contributed by atoms with van der Waals surface area (Å²) in [5, 5.41) is 0. The number of hydrogen-bond acceptors (Lipinski definition) is 3. The summed E-state index contributed by atoms with van der Waals surface area (Å²) in [6, 6.07) is 8.45. The highest BCUT2D eigenvalue weighted by atomic mass is 79.9. The number of piperazine rings is 1. The molecule has 4 nitrogen and oxygen atoms in total. The molecule has 1 aromatic carbocycles. The van der Waals surface area contributed by atoms with Crippen LogP contribution in [0.25, 0.3) is 0 Å². The zero-order valence-corrected chi connectivity index (χ0v) is 14.2. The van der Waals surface area contributed by atoms with E-state index in [1.54, 1.807) is 30.6 Å². The van der Waals surface area contributed by atoms with Gasteiger partial charge in [-0.1, -0.05) is 12.1 Å². The first kappa shape index (κ1) is 16.1. The third kappa shape index (κ3) is 4.14. The van der Waals surface area contributed by atoms with Crippen LogP contribution in [0, 0.1) is 5.82 Å². The Labute approximate surface area is 143 Å². The van der Waals surface area contributed by atoms with E-state index >= 15 is 0 Å². The quantitative estimate of drug-likeness (QED) is 0.824. The van der Waals surface area contributed by atoms with Crippen molar-refractivity contribution in [2.75, 3.05) is 26.2 Å². The highest BCUT2D eigenvalue weighted by molar-refractivity contribution is 9.10. The SMILES string of the molecule is O=C(c1cncc(Br)c1)N1CCN(Cc2cccc(F)c2)CC1. The molecule has 0 spiro atoms. The van der Waals surface area contributed by atoms with Crippen LogP contribution in [0.3, 0.4) is 0 Å². The minimum absolute atomic E-state index is 0.00389.